The summed E-state index contributed by atoms with van der Waals surface area (Å²) < 4.78 is 5.66. The van der Waals surface area contributed by atoms with Gasteiger partial charge in [-0.15, -0.1) is 0 Å². The first kappa shape index (κ1) is 37.9. The van der Waals surface area contributed by atoms with Crippen LogP contribution < -0.4 is 31.7 Å². The van der Waals surface area contributed by atoms with E-state index in [1.807, 2.05) is 60.7 Å². The number of ether oxygens (including phenoxy) is 1. The molecule has 1 saturated heterocycles. The summed E-state index contributed by atoms with van der Waals surface area (Å²) in [7, 11) is 0. The number of carbonyl (C=O) groups excluding carboxylic acids is 6. The van der Waals surface area contributed by atoms with E-state index in [-0.39, 0.29) is 41.4 Å². The van der Waals surface area contributed by atoms with Crippen molar-refractivity contribution in [2.75, 3.05) is 25.0 Å². The molecule has 288 valence electrons. The number of primary amides is 1. The Hall–Kier alpha value is -7.35. The molecule has 1 aromatic heterocycles. The first-order valence-electron chi connectivity index (χ1n) is 18.4. The number of amides is 6. The number of pyridine rings is 1. The molecule has 0 aliphatic carbocycles. The molecule has 2 aliphatic rings. The number of aromatic nitrogens is 1. The maximum absolute atomic E-state index is 13.3. The number of para-hydroxylation sites is 1. The number of allylic oxidation sites excluding steroid dienone is 1. The second-order valence-corrected chi connectivity index (χ2v) is 13.6. The number of imide groups is 1. The Balaban J connectivity index is 0.861. The van der Waals surface area contributed by atoms with E-state index < -0.39 is 35.6 Å². The van der Waals surface area contributed by atoms with Gasteiger partial charge in [0.2, 0.25) is 5.91 Å². The maximum atomic E-state index is 13.3. The lowest BCUT2D eigenvalue weighted by Crippen LogP contribution is -2.51. The monoisotopic (exact) mass is 765 g/mol. The van der Waals surface area contributed by atoms with Crippen molar-refractivity contribution in [1.29, 1.82) is 0 Å². The number of carbonyl (C=O) groups is 6. The zero-order chi connectivity index (χ0) is 40.1. The van der Waals surface area contributed by atoms with Gasteiger partial charge in [0.05, 0.1) is 27.9 Å². The molecule has 6 amide bonds. The Labute approximate surface area is 327 Å². The van der Waals surface area contributed by atoms with E-state index in [4.69, 9.17) is 10.5 Å². The third-order valence-corrected chi connectivity index (χ3v) is 9.77. The van der Waals surface area contributed by atoms with Crippen LogP contribution in [0.3, 0.4) is 0 Å². The molecule has 4 aromatic carbocycles. The van der Waals surface area contributed by atoms with Crippen LogP contribution in [0.4, 0.5) is 11.4 Å². The molecule has 0 bridgehead atoms. The summed E-state index contributed by atoms with van der Waals surface area (Å²) in [5.41, 5.74) is 10.9. The number of benzene rings is 4. The fraction of sp³-hybridized carbons (Fsp3) is 0.186. The van der Waals surface area contributed by atoms with Crippen LogP contribution in [-0.4, -0.2) is 71.1 Å². The molecule has 6 N–H and O–H groups in total. The predicted octanol–water partition coefficient (Wildman–Crippen LogP) is 4.84. The number of nitrogens with two attached hydrogens (primary N) is 1. The van der Waals surface area contributed by atoms with Gasteiger partial charge in [-0.3, -0.25) is 38.7 Å². The second kappa shape index (κ2) is 16.6. The van der Waals surface area contributed by atoms with Crippen molar-refractivity contribution in [3.8, 4) is 16.9 Å². The van der Waals surface area contributed by atoms with Crippen molar-refractivity contribution in [3.63, 3.8) is 0 Å². The fourth-order valence-electron chi connectivity index (χ4n) is 6.83. The standard InChI is InChI=1S/C43H39N7O7/c1-25-12-19-34(41(54)48-25)50-42(55)31-10-7-11-35(37(31)43(50)56)57-24-36(51)45-20-5-6-21-46-40(53)27-15-13-26(14-16-27)28-17-18-30-33(22-28)47-23-32(39(44)52)38(30)49-29-8-3-2-4-9-29/h2-4,7-11,13-18,22-23,34H,1,5-6,12,19-21,24H2,(H2,44,52)(H,45,51)(H,46,53)(H,47,49)(H,48,54). The normalized spacial score (nSPS) is 14.9. The van der Waals surface area contributed by atoms with Crippen LogP contribution in [0.15, 0.2) is 109 Å². The molecule has 0 spiro atoms. The number of hydrogen-bond acceptors (Lipinski definition) is 9. The lowest BCUT2D eigenvalue weighted by atomic mass is 10.0. The Morgan fingerprint density at radius 1 is 0.877 bits per heavy atom. The molecule has 14 nitrogen and oxygen atoms in total. The summed E-state index contributed by atoms with van der Waals surface area (Å²) in [5.74, 6) is -2.85. The minimum atomic E-state index is -0.954. The van der Waals surface area contributed by atoms with Crippen LogP contribution in [0.2, 0.25) is 0 Å². The number of anilines is 2. The van der Waals surface area contributed by atoms with Gasteiger partial charge in [-0.1, -0.05) is 55.1 Å². The van der Waals surface area contributed by atoms with Crippen molar-refractivity contribution < 1.29 is 33.5 Å². The molecule has 2 aliphatic heterocycles. The smallest absolute Gasteiger partial charge is 0.266 e. The van der Waals surface area contributed by atoms with Crippen LogP contribution >= 0.6 is 0 Å². The van der Waals surface area contributed by atoms with Crippen LogP contribution in [0, 0.1) is 0 Å². The number of fused-ring (bicyclic) bond motifs is 2. The van der Waals surface area contributed by atoms with Gasteiger partial charge < -0.3 is 31.7 Å². The minimum absolute atomic E-state index is 0.0243. The van der Waals surface area contributed by atoms with Crippen LogP contribution in [0.5, 0.6) is 5.75 Å². The summed E-state index contributed by atoms with van der Waals surface area (Å²) in [6.45, 7) is 4.08. The van der Waals surface area contributed by atoms with Gasteiger partial charge in [0.25, 0.3) is 29.5 Å². The van der Waals surface area contributed by atoms with Crippen LogP contribution in [0.25, 0.3) is 22.0 Å². The molecule has 0 radical (unpaired) electrons. The molecule has 0 saturated carbocycles. The van der Waals surface area contributed by atoms with Crippen molar-refractivity contribution in [1.82, 2.24) is 25.8 Å². The van der Waals surface area contributed by atoms with E-state index in [2.05, 4.69) is 32.8 Å². The van der Waals surface area contributed by atoms with Crippen molar-refractivity contribution in [3.05, 3.63) is 132 Å². The van der Waals surface area contributed by atoms with Gasteiger partial charge in [0.15, 0.2) is 6.61 Å². The average molecular weight is 766 g/mol. The number of nitrogens with zero attached hydrogens (tertiary/aromatic N) is 2. The van der Waals surface area contributed by atoms with E-state index in [0.29, 0.717) is 54.8 Å². The number of unbranched alkanes of at least 4 members (excludes halogenated alkanes) is 1. The summed E-state index contributed by atoms with van der Waals surface area (Å²) in [6, 6.07) is 26.0. The molecule has 3 heterocycles. The first-order valence-corrected chi connectivity index (χ1v) is 18.4. The minimum Gasteiger partial charge on any atom is -0.483 e. The van der Waals surface area contributed by atoms with E-state index in [1.165, 1.54) is 18.3 Å². The molecule has 14 heteroatoms. The Bertz CT molecular complexity index is 2430. The van der Waals surface area contributed by atoms with Crippen LogP contribution in [-0.2, 0) is 9.59 Å². The zero-order valence-corrected chi connectivity index (χ0v) is 30.8. The highest BCUT2D eigenvalue weighted by Crippen LogP contribution is 2.35. The largest absolute Gasteiger partial charge is 0.483 e. The summed E-state index contributed by atoms with van der Waals surface area (Å²) in [6.07, 6.45) is 3.38. The number of nitrogens with one attached hydrogen (secondary N) is 4. The van der Waals surface area contributed by atoms with E-state index in [9.17, 15) is 28.8 Å². The molecule has 1 atom stereocenters. The lowest BCUT2D eigenvalue weighted by Gasteiger charge is -2.29. The maximum Gasteiger partial charge on any atom is 0.266 e. The quantitative estimate of drug-likeness (QED) is 0.0775. The molecule has 1 fully saturated rings. The van der Waals surface area contributed by atoms with Gasteiger partial charge >= 0.3 is 0 Å². The summed E-state index contributed by atoms with van der Waals surface area (Å²) in [5, 5.41) is 12.3. The van der Waals surface area contributed by atoms with Crippen LogP contribution in [0.1, 0.15) is 67.1 Å². The van der Waals surface area contributed by atoms with Gasteiger partial charge in [-0.05, 0) is 79.3 Å². The average Bonchev–Trinajstić information content (AvgIpc) is 3.47. The third-order valence-electron chi connectivity index (χ3n) is 9.77. The lowest BCUT2D eigenvalue weighted by molar-refractivity contribution is -0.125. The molecule has 1 unspecified atom stereocenters. The Kier molecular flexibility index (Phi) is 11.0. The molecule has 7 rings (SSSR count). The fourth-order valence-corrected chi connectivity index (χ4v) is 6.83. The molecular formula is C43H39N7O7. The second-order valence-electron chi connectivity index (χ2n) is 13.6. The number of rotatable bonds is 14. The Morgan fingerprint density at radius 2 is 1.61 bits per heavy atom. The summed E-state index contributed by atoms with van der Waals surface area (Å²) in [4.78, 5) is 81.9. The molecule has 57 heavy (non-hydrogen) atoms. The SMILES string of the molecule is C=C1CCC(N2C(=O)c3cccc(OCC(=O)NCCCCNC(=O)c4ccc(-c5ccc6c(Nc7ccccc7)c(C(N)=O)cnc6c5)cc4)c3C2=O)C(=O)N1. The van der Waals surface area contributed by atoms with Gasteiger partial charge in [0, 0.05) is 41.6 Å². The highest BCUT2D eigenvalue weighted by Gasteiger charge is 2.45. The van der Waals surface area contributed by atoms with Gasteiger partial charge in [0.1, 0.15) is 11.8 Å². The summed E-state index contributed by atoms with van der Waals surface area (Å²) >= 11 is 0. The van der Waals surface area contributed by atoms with Gasteiger partial charge in [-0.25, -0.2) is 0 Å². The third kappa shape index (κ3) is 8.20. The number of piperidine rings is 1. The zero-order valence-electron chi connectivity index (χ0n) is 30.8. The topological polar surface area (TPSA) is 202 Å². The molecular weight excluding hydrogens is 727 g/mol. The Morgan fingerprint density at radius 3 is 2.35 bits per heavy atom. The first-order chi connectivity index (χ1) is 27.6. The predicted molar refractivity (Wildman–Crippen MR) is 213 cm³/mol. The highest BCUT2D eigenvalue weighted by atomic mass is 16.5. The van der Waals surface area contributed by atoms with E-state index >= 15 is 0 Å². The van der Waals surface area contributed by atoms with E-state index in [0.717, 1.165) is 27.1 Å². The van der Waals surface area contributed by atoms with Crippen molar-refractivity contribution in [2.24, 2.45) is 5.73 Å². The van der Waals surface area contributed by atoms with E-state index in [1.54, 1.807) is 18.2 Å². The van der Waals surface area contributed by atoms with Gasteiger partial charge in [-0.2, -0.15) is 0 Å². The van der Waals surface area contributed by atoms with Crippen molar-refractivity contribution >= 4 is 57.7 Å². The molecule has 5 aromatic rings. The van der Waals surface area contributed by atoms with Crippen molar-refractivity contribution in [2.45, 2.75) is 31.7 Å². The highest BCUT2D eigenvalue weighted by molar-refractivity contribution is 6.24. The number of hydrogen-bond donors (Lipinski definition) is 5.